The van der Waals surface area contributed by atoms with Crippen LogP contribution in [0.3, 0.4) is 0 Å². The summed E-state index contributed by atoms with van der Waals surface area (Å²) < 4.78 is 7.06. The topological polar surface area (TPSA) is 113 Å². The number of hydrogen-bond acceptors (Lipinski definition) is 8. The minimum atomic E-state index is -0.598. The maximum Gasteiger partial charge on any atom is 0.332 e. The van der Waals surface area contributed by atoms with Crippen LogP contribution in [-0.4, -0.2) is 43.2 Å². The van der Waals surface area contributed by atoms with Crippen LogP contribution in [-0.2, 0) is 28.4 Å². The van der Waals surface area contributed by atoms with Crippen LogP contribution in [0.5, 0.6) is 0 Å². The maximum atomic E-state index is 12.8. The first-order chi connectivity index (χ1) is 14.7. The van der Waals surface area contributed by atoms with Gasteiger partial charge in [-0.3, -0.25) is 23.5 Å². The van der Waals surface area contributed by atoms with Gasteiger partial charge in [-0.2, -0.15) is 0 Å². The van der Waals surface area contributed by atoms with E-state index in [1.165, 1.54) is 18.7 Å². The van der Waals surface area contributed by atoms with Crippen LogP contribution < -0.4 is 11.2 Å². The van der Waals surface area contributed by atoms with Gasteiger partial charge in [-0.15, -0.1) is 0 Å². The van der Waals surface area contributed by atoms with Crippen molar-refractivity contribution in [2.24, 2.45) is 14.1 Å². The van der Waals surface area contributed by atoms with Gasteiger partial charge in [0.2, 0.25) is 0 Å². The molecule has 0 saturated carbocycles. The van der Waals surface area contributed by atoms with Gasteiger partial charge >= 0.3 is 11.7 Å². The second-order valence-corrected chi connectivity index (χ2v) is 7.90. The summed E-state index contributed by atoms with van der Waals surface area (Å²) in [6, 6.07) is 7.51. The molecule has 0 radical (unpaired) electrons. The zero-order valence-electron chi connectivity index (χ0n) is 17.7. The number of esters is 1. The number of hydrogen-bond donors (Lipinski definition) is 0. The van der Waals surface area contributed by atoms with Gasteiger partial charge < -0.3 is 4.74 Å². The first-order valence-electron chi connectivity index (χ1n) is 9.57. The first-order valence-corrected chi connectivity index (χ1v) is 10.6. The number of nitrogens with zero attached hydrogens (tertiary/aromatic N) is 4. The van der Waals surface area contributed by atoms with E-state index in [1.807, 2.05) is 31.2 Å². The van der Waals surface area contributed by atoms with Gasteiger partial charge in [-0.1, -0.05) is 35.5 Å². The molecule has 3 aromatic rings. The second kappa shape index (κ2) is 9.25. The van der Waals surface area contributed by atoms with Crippen molar-refractivity contribution >= 4 is 34.5 Å². The molecule has 0 aliphatic carbocycles. The Labute approximate surface area is 182 Å². The Bertz CT molecular complexity index is 1300. The number of ether oxygens (including phenoxy) is 1. The van der Waals surface area contributed by atoms with Crippen molar-refractivity contribution in [2.45, 2.75) is 25.3 Å². The molecule has 10 heteroatoms. The number of aryl methyl sites for hydroxylation is 2. The number of aromatic nitrogens is 4. The number of benzene rings is 1. The number of carbonyl (C=O) groups is 2. The number of Topliss-reactive ketones (excluding diaryl/α,β-unsaturated/α-hetero) is 1. The highest BCUT2D eigenvalue weighted by Gasteiger charge is 2.20. The molecule has 0 saturated heterocycles. The van der Waals surface area contributed by atoms with Crippen molar-refractivity contribution < 1.29 is 14.3 Å². The molecule has 9 nitrogen and oxygen atoms in total. The Balaban J connectivity index is 2.11. The minimum absolute atomic E-state index is 0.0792. The smallest absolute Gasteiger partial charge is 0.332 e. The van der Waals surface area contributed by atoms with E-state index in [0.29, 0.717) is 5.82 Å². The Morgan fingerprint density at radius 1 is 1.13 bits per heavy atom. The fourth-order valence-electron chi connectivity index (χ4n) is 3.02. The van der Waals surface area contributed by atoms with E-state index in [1.54, 1.807) is 6.92 Å². The van der Waals surface area contributed by atoms with Gasteiger partial charge in [0, 0.05) is 19.7 Å². The zero-order valence-corrected chi connectivity index (χ0v) is 18.5. The van der Waals surface area contributed by atoms with E-state index in [0.717, 1.165) is 27.5 Å². The lowest BCUT2D eigenvalue weighted by atomic mass is 10.1. The lowest BCUT2D eigenvalue weighted by molar-refractivity contribution is -0.145. The average Bonchev–Trinajstić information content (AvgIpc) is 2.74. The quantitative estimate of drug-likeness (QED) is 0.235. The van der Waals surface area contributed by atoms with Gasteiger partial charge in [0.25, 0.3) is 5.56 Å². The van der Waals surface area contributed by atoms with Crippen LogP contribution in [0.15, 0.2) is 38.9 Å². The van der Waals surface area contributed by atoms with E-state index in [-0.39, 0.29) is 40.6 Å². The summed E-state index contributed by atoms with van der Waals surface area (Å²) in [7, 11) is 2.90. The van der Waals surface area contributed by atoms with Crippen molar-refractivity contribution in [3.8, 4) is 11.4 Å². The Hall–Kier alpha value is -3.27. The third-order valence-corrected chi connectivity index (χ3v) is 5.59. The number of carbonyl (C=O) groups excluding carboxylic acids is 2. The molecule has 0 N–H and O–H groups in total. The predicted molar refractivity (Wildman–Crippen MR) is 117 cm³/mol. The zero-order chi connectivity index (χ0) is 22.7. The molecule has 0 spiro atoms. The summed E-state index contributed by atoms with van der Waals surface area (Å²) >= 11 is 1.03. The molecule has 0 fully saturated rings. The SMILES string of the molecule is CCOC(=O)CC(=O)CSc1nc(-c2cccc(C)c2)nc2c1c(=O)n(C)c(=O)n2C. The molecular formula is C21H22N4O5S. The van der Waals surface area contributed by atoms with Crippen LogP contribution in [0.2, 0.25) is 0 Å². The highest BCUT2D eigenvalue weighted by atomic mass is 32.2. The molecule has 0 bridgehead atoms. The molecule has 0 unspecified atom stereocenters. The molecule has 2 heterocycles. The Morgan fingerprint density at radius 2 is 1.87 bits per heavy atom. The van der Waals surface area contributed by atoms with E-state index in [2.05, 4.69) is 9.97 Å². The van der Waals surface area contributed by atoms with E-state index in [9.17, 15) is 19.2 Å². The molecule has 162 valence electrons. The standard InChI is InChI=1S/C21H22N4O5S/c1-5-30-15(27)10-14(26)11-31-19-16-18(24(3)21(29)25(4)20(16)28)22-17(23-19)13-8-6-7-12(2)9-13/h6-9H,5,10-11H2,1-4H3. The lowest BCUT2D eigenvalue weighted by Gasteiger charge is -2.12. The monoisotopic (exact) mass is 442 g/mol. The predicted octanol–water partition coefficient (Wildman–Crippen LogP) is 1.62. The summed E-state index contributed by atoms with van der Waals surface area (Å²) in [6.45, 7) is 3.79. The fraction of sp³-hybridized carbons (Fsp3) is 0.333. The van der Waals surface area contributed by atoms with Crippen molar-refractivity contribution in [1.29, 1.82) is 0 Å². The molecule has 31 heavy (non-hydrogen) atoms. The van der Waals surface area contributed by atoms with Crippen LogP contribution in [0.25, 0.3) is 22.4 Å². The molecule has 3 rings (SSSR count). The average molecular weight is 442 g/mol. The third-order valence-electron chi connectivity index (χ3n) is 4.56. The fourth-order valence-corrected chi connectivity index (χ4v) is 3.89. The normalized spacial score (nSPS) is 11.0. The van der Waals surface area contributed by atoms with E-state index < -0.39 is 17.2 Å². The Kier molecular flexibility index (Phi) is 6.69. The highest BCUT2D eigenvalue weighted by molar-refractivity contribution is 8.00. The number of thioether (sulfide) groups is 1. The number of fused-ring (bicyclic) bond motifs is 1. The van der Waals surface area contributed by atoms with Crippen LogP contribution >= 0.6 is 11.8 Å². The van der Waals surface area contributed by atoms with Gasteiger partial charge in [-0.25, -0.2) is 14.8 Å². The highest BCUT2D eigenvalue weighted by Crippen LogP contribution is 2.26. The first kappa shape index (κ1) is 22.4. The van der Waals surface area contributed by atoms with Crippen molar-refractivity contribution in [2.75, 3.05) is 12.4 Å². The summed E-state index contributed by atoms with van der Waals surface area (Å²) in [5.41, 5.74) is 0.836. The maximum absolute atomic E-state index is 12.8. The van der Waals surface area contributed by atoms with Crippen LogP contribution in [0, 0.1) is 6.92 Å². The minimum Gasteiger partial charge on any atom is -0.466 e. The number of rotatable bonds is 7. The summed E-state index contributed by atoms with van der Waals surface area (Å²) in [5.74, 6) is -0.697. The lowest BCUT2D eigenvalue weighted by Crippen LogP contribution is -2.37. The summed E-state index contributed by atoms with van der Waals surface area (Å²) in [4.78, 5) is 58.0. The van der Waals surface area contributed by atoms with E-state index in [4.69, 9.17) is 4.74 Å². The summed E-state index contributed by atoms with van der Waals surface area (Å²) in [6.07, 6.45) is -0.356. The van der Waals surface area contributed by atoms with E-state index >= 15 is 0 Å². The van der Waals surface area contributed by atoms with Gasteiger partial charge in [0.15, 0.2) is 17.3 Å². The molecule has 2 aromatic heterocycles. The van der Waals surface area contributed by atoms with Crippen LogP contribution in [0.4, 0.5) is 0 Å². The van der Waals surface area contributed by atoms with Gasteiger partial charge in [0.05, 0.1) is 12.4 Å². The molecular weight excluding hydrogens is 420 g/mol. The Morgan fingerprint density at radius 3 is 2.55 bits per heavy atom. The third kappa shape index (κ3) is 4.74. The molecule has 1 aromatic carbocycles. The largest absolute Gasteiger partial charge is 0.466 e. The van der Waals surface area contributed by atoms with Crippen LogP contribution in [0.1, 0.15) is 18.9 Å². The van der Waals surface area contributed by atoms with Crippen molar-refractivity contribution in [3.05, 3.63) is 50.7 Å². The molecule has 0 atom stereocenters. The molecule has 0 amide bonds. The number of ketones is 1. The van der Waals surface area contributed by atoms with Crippen molar-refractivity contribution in [3.63, 3.8) is 0 Å². The molecule has 0 aliphatic rings. The summed E-state index contributed by atoms with van der Waals surface area (Å²) in [5, 5.41) is 0.421. The van der Waals surface area contributed by atoms with Gasteiger partial charge in [-0.05, 0) is 19.9 Å². The van der Waals surface area contributed by atoms with Crippen molar-refractivity contribution in [1.82, 2.24) is 19.1 Å². The second-order valence-electron chi connectivity index (χ2n) is 6.94. The molecule has 0 aliphatic heterocycles. The van der Waals surface area contributed by atoms with Gasteiger partial charge in [0.1, 0.15) is 16.8 Å².